The molecule has 0 saturated carbocycles. The van der Waals surface area contributed by atoms with Gasteiger partial charge in [0.05, 0.1) is 5.01 Å². The van der Waals surface area contributed by atoms with Crippen LogP contribution >= 0.6 is 36.2 Å². The normalized spacial score (nSPS) is 14.0. The number of nitrogens with zero attached hydrogens (tertiary/aromatic N) is 4. The Kier molecular flexibility index (Phi) is 7.43. The maximum atomic E-state index is 12.6. The SMILES string of the molecule is Cl.Cl.NCCc1nc(C(=O)N2CCN(c3nc4ccccc4o3)CC2)cs1. The Hall–Kier alpha value is -1.87. The van der Waals surface area contributed by atoms with Gasteiger partial charge in [0.25, 0.3) is 11.9 Å². The van der Waals surface area contributed by atoms with Gasteiger partial charge in [-0.15, -0.1) is 36.2 Å². The molecule has 3 aromatic rings. The summed E-state index contributed by atoms with van der Waals surface area (Å²) in [5.41, 5.74) is 7.69. The van der Waals surface area contributed by atoms with Crippen LogP contribution in [0, 0.1) is 0 Å². The van der Waals surface area contributed by atoms with Crippen LogP contribution in [-0.2, 0) is 6.42 Å². The first-order valence-electron chi connectivity index (χ1n) is 8.29. The zero-order chi connectivity index (χ0) is 17.2. The van der Waals surface area contributed by atoms with Crippen molar-refractivity contribution < 1.29 is 9.21 Å². The molecule has 2 N–H and O–H groups in total. The lowest BCUT2D eigenvalue weighted by atomic mass is 10.3. The second kappa shape index (κ2) is 9.36. The van der Waals surface area contributed by atoms with E-state index in [0.717, 1.165) is 16.1 Å². The number of carbonyl (C=O) groups is 1. The number of oxazole rings is 1. The van der Waals surface area contributed by atoms with E-state index in [1.807, 2.05) is 34.5 Å². The molecular weight excluding hydrogens is 409 g/mol. The highest BCUT2D eigenvalue weighted by Gasteiger charge is 2.26. The Morgan fingerprint density at radius 3 is 2.59 bits per heavy atom. The maximum Gasteiger partial charge on any atom is 0.298 e. The molecule has 7 nitrogen and oxygen atoms in total. The van der Waals surface area contributed by atoms with Crippen LogP contribution in [0.3, 0.4) is 0 Å². The molecule has 0 bridgehead atoms. The van der Waals surface area contributed by atoms with E-state index in [1.165, 1.54) is 11.3 Å². The van der Waals surface area contributed by atoms with Gasteiger partial charge in [-0.2, -0.15) is 4.98 Å². The van der Waals surface area contributed by atoms with Gasteiger partial charge in [0.2, 0.25) is 0 Å². The second-order valence-electron chi connectivity index (χ2n) is 5.91. The standard InChI is InChI=1S/C17H19N5O2S.2ClH/c18-6-5-15-19-13(11-25-15)16(23)21-7-9-22(10-8-21)17-20-12-3-1-2-4-14(12)24-17;;/h1-4,11H,5-10,18H2;2*1H. The number of para-hydroxylation sites is 2. The summed E-state index contributed by atoms with van der Waals surface area (Å²) in [6.07, 6.45) is 0.712. The molecule has 10 heteroatoms. The fourth-order valence-corrected chi connectivity index (χ4v) is 3.69. The van der Waals surface area contributed by atoms with Gasteiger partial charge in [0.15, 0.2) is 5.58 Å². The van der Waals surface area contributed by atoms with Gasteiger partial charge in [-0.1, -0.05) is 12.1 Å². The number of anilines is 1. The van der Waals surface area contributed by atoms with Crippen LogP contribution in [0.4, 0.5) is 6.01 Å². The van der Waals surface area contributed by atoms with E-state index < -0.39 is 0 Å². The summed E-state index contributed by atoms with van der Waals surface area (Å²) in [4.78, 5) is 25.4. The number of rotatable bonds is 4. The second-order valence-corrected chi connectivity index (χ2v) is 6.85. The minimum Gasteiger partial charge on any atom is -0.423 e. The lowest BCUT2D eigenvalue weighted by Gasteiger charge is -2.33. The molecule has 27 heavy (non-hydrogen) atoms. The highest BCUT2D eigenvalue weighted by molar-refractivity contribution is 7.09. The van der Waals surface area contributed by atoms with Crippen molar-refractivity contribution in [3.8, 4) is 0 Å². The van der Waals surface area contributed by atoms with Crippen molar-refractivity contribution in [3.05, 3.63) is 40.3 Å². The highest BCUT2D eigenvalue weighted by atomic mass is 35.5. The van der Waals surface area contributed by atoms with Crippen LogP contribution in [0.1, 0.15) is 15.5 Å². The minimum absolute atomic E-state index is 0. The Balaban J connectivity index is 0.00000131. The van der Waals surface area contributed by atoms with Gasteiger partial charge in [-0.25, -0.2) is 4.98 Å². The number of thiazole rings is 1. The van der Waals surface area contributed by atoms with Gasteiger partial charge >= 0.3 is 0 Å². The molecule has 0 radical (unpaired) electrons. The predicted octanol–water partition coefficient (Wildman–Crippen LogP) is 2.59. The number of hydrogen-bond acceptors (Lipinski definition) is 7. The van der Waals surface area contributed by atoms with Gasteiger partial charge in [-0.3, -0.25) is 4.79 Å². The maximum absolute atomic E-state index is 12.6. The lowest BCUT2D eigenvalue weighted by Crippen LogP contribution is -2.49. The summed E-state index contributed by atoms with van der Waals surface area (Å²) in [5, 5.41) is 2.73. The molecule has 1 fully saturated rings. The molecule has 1 saturated heterocycles. The molecular formula is C17H21Cl2N5O2S. The van der Waals surface area contributed by atoms with Crippen LogP contribution in [0.15, 0.2) is 34.1 Å². The van der Waals surface area contributed by atoms with Gasteiger partial charge in [0.1, 0.15) is 11.2 Å². The molecule has 1 aliphatic heterocycles. The Labute approximate surface area is 173 Å². The van der Waals surface area contributed by atoms with Gasteiger partial charge in [0, 0.05) is 38.0 Å². The first-order chi connectivity index (χ1) is 12.2. The van der Waals surface area contributed by atoms with Crippen molar-refractivity contribution in [1.29, 1.82) is 0 Å². The number of amides is 1. The Morgan fingerprint density at radius 2 is 1.89 bits per heavy atom. The van der Waals surface area contributed by atoms with E-state index >= 15 is 0 Å². The smallest absolute Gasteiger partial charge is 0.298 e. The van der Waals surface area contributed by atoms with E-state index in [-0.39, 0.29) is 30.7 Å². The van der Waals surface area contributed by atoms with Crippen LogP contribution < -0.4 is 10.6 Å². The molecule has 4 rings (SSSR count). The largest absolute Gasteiger partial charge is 0.423 e. The van der Waals surface area contributed by atoms with Crippen LogP contribution in [0.5, 0.6) is 0 Å². The third kappa shape index (κ3) is 4.52. The number of nitrogens with two attached hydrogens (primary N) is 1. The molecule has 0 spiro atoms. The summed E-state index contributed by atoms with van der Waals surface area (Å²) in [6, 6.07) is 8.33. The first kappa shape index (κ1) is 21.4. The molecule has 3 heterocycles. The first-order valence-corrected chi connectivity index (χ1v) is 9.17. The third-order valence-corrected chi connectivity index (χ3v) is 5.16. The van der Waals surface area contributed by atoms with E-state index in [9.17, 15) is 4.79 Å². The molecule has 2 aromatic heterocycles. The van der Waals surface area contributed by atoms with Crippen LogP contribution in [0.2, 0.25) is 0 Å². The molecule has 1 aromatic carbocycles. The summed E-state index contributed by atoms with van der Waals surface area (Å²) in [7, 11) is 0. The summed E-state index contributed by atoms with van der Waals surface area (Å²) in [6.45, 7) is 3.18. The molecule has 0 unspecified atom stereocenters. The average molecular weight is 430 g/mol. The average Bonchev–Trinajstić information content (AvgIpc) is 3.28. The van der Waals surface area contributed by atoms with Crippen molar-refractivity contribution >= 4 is 59.2 Å². The Bertz CT molecular complexity index is 859. The highest BCUT2D eigenvalue weighted by Crippen LogP contribution is 2.23. The molecule has 146 valence electrons. The van der Waals surface area contributed by atoms with Crippen molar-refractivity contribution in [2.24, 2.45) is 5.73 Å². The molecule has 1 aliphatic rings. The fraction of sp³-hybridized carbons (Fsp3) is 0.353. The number of carbonyl (C=O) groups excluding carboxylic acids is 1. The summed E-state index contributed by atoms with van der Waals surface area (Å²) >= 11 is 1.49. The molecule has 0 aliphatic carbocycles. The zero-order valence-electron chi connectivity index (χ0n) is 14.5. The van der Waals surface area contributed by atoms with E-state index in [1.54, 1.807) is 0 Å². The summed E-state index contributed by atoms with van der Waals surface area (Å²) < 4.78 is 5.81. The zero-order valence-corrected chi connectivity index (χ0v) is 17.0. The van der Waals surface area contributed by atoms with E-state index in [4.69, 9.17) is 10.2 Å². The fourth-order valence-electron chi connectivity index (χ4n) is 2.91. The lowest BCUT2D eigenvalue weighted by molar-refractivity contribution is 0.0739. The number of fused-ring (bicyclic) bond motifs is 1. The van der Waals surface area contributed by atoms with Crippen molar-refractivity contribution in [2.45, 2.75) is 6.42 Å². The van der Waals surface area contributed by atoms with Crippen molar-refractivity contribution in [1.82, 2.24) is 14.9 Å². The van der Waals surface area contributed by atoms with Gasteiger partial charge in [-0.05, 0) is 18.7 Å². The monoisotopic (exact) mass is 429 g/mol. The quantitative estimate of drug-likeness (QED) is 0.685. The van der Waals surface area contributed by atoms with Crippen LogP contribution in [-0.4, -0.2) is 53.5 Å². The number of benzene rings is 1. The predicted molar refractivity (Wildman–Crippen MR) is 111 cm³/mol. The number of hydrogen-bond donors (Lipinski definition) is 1. The number of piperazine rings is 1. The Morgan fingerprint density at radius 1 is 1.15 bits per heavy atom. The molecule has 0 atom stereocenters. The van der Waals surface area contributed by atoms with Crippen molar-refractivity contribution in [3.63, 3.8) is 0 Å². The van der Waals surface area contributed by atoms with Gasteiger partial charge < -0.3 is 20.0 Å². The molecule has 1 amide bonds. The van der Waals surface area contributed by atoms with E-state index in [0.29, 0.717) is 50.9 Å². The number of halogens is 2. The van der Waals surface area contributed by atoms with E-state index in [2.05, 4.69) is 14.9 Å². The number of aromatic nitrogens is 2. The topological polar surface area (TPSA) is 88.5 Å². The van der Waals surface area contributed by atoms with Crippen LogP contribution in [0.25, 0.3) is 11.1 Å². The minimum atomic E-state index is -0.0169. The van der Waals surface area contributed by atoms with Crippen molar-refractivity contribution in [2.75, 3.05) is 37.6 Å². The summed E-state index contributed by atoms with van der Waals surface area (Å²) in [5.74, 6) is -0.0169. The third-order valence-electron chi connectivity index (χ3n) is 4.25.